The average molecular weight is 392 g/mol. The molecule has 2 aromatic carbocycles. The number of aliphatic imine (C=N–C) groups is 1. The van der Waals surface area contributed by atoms with Gasteiger partial charge in [0.25, 0.3) is 0 Å². The van der Waals surface area contributed by atoms with Crippen LogP contribution in [-0.2, 0) is 25.9 Å². The van der Waals surface area contributed by atoms with Gasteiger partial charge in [-0.1, -0.05) is 42.1 Å². The number of thioether (sulfide) groups is 1. The Morgan fingerprint density at radius 2 is 1.81 bits per heavy atom. The van der Waals surface area contributed by atoms with Crippen LogP contribution in [0.4, 0.5) is 4.39 Å². The minimum absolute atomic E-state index is 0.123. The van der Waals surface area contributed by atoms with Crippen LogP contribution in [0.25, 0.3) is 0 Å². The molecule has 1 unspecified atom stereocenters. The van der Waals surface area contributed by atoms with E-state index in [9.17, 15) is 17.6 Å². The van der Waals surface area contributed by atoms with Crippen LogP contribution in [0.5, 0.6) is 0 Å². The summed E-state index contributed by atoms with van der Waals surface area (Å²) in [5.74, 6) is -0.591. The van der Waals surface area contributed by atoms with Crippen molar-refractivity contribution in [2.24, 2.45) is 4.99 Å². The Bertz CT molecular complexity index is 988. The van der Waals surface area contributed by atoms with E-state index in [1.165, 1.54) is 30.0 Å². The topological polar surface area (TPSA) is 75.6 Å². The van der Waals surface area contributed by atoms with Crippen LogP contribution in [0.3, 0.4) is 0 Å². The van der Waals surface area contributed by atoms with Crippen molar-refractivity contribution in [3.8, 4) is 0 Å². The number of amidine groups is 1. The van der Waals surface area contributed by atoms with Gasteiger partial charge in [0.2, 0.25) is 5.91 Å². The molecule has 136 valence electrons. The van der Waals surface area contributed by atoms with Crippen LogP contribution in [0.2, 0.25) is 0 Å². The summed E-state index contributed by atoms with van der Waals surface area (Å²) in [6, 6.07) is 12.6. The van der Waals surface area contributed by atoms with Gasteiger partial charge in [0.15, 0.2) is 15.0 Å². The van der Waals surface area contributed by atoms with Crippen molar-refractivity contribution in [2.75, 3.05) is 6.26 Å². The Balaban J connectivity index is 1.82. The van der Waals surface area contributed by atoms with Crippen LogP contribution >= 0.6 is 11.8 Å². The second-order valence-corrected chi connectivity index (χ2v) is 9.52. The van der Waals surface area contributed by atoms with Crippen molar-refractivity contribution in [2.45, 2.75) is 23.1 Å². The van der Waals surface area contributed by atoms with Gasteiger partial charge >= 0.3 is 0 Å². The van der Waals surface area contributed by atoms with Crippen molar-refractivity contribution >= 4 is 32.7 Å². The van der Waals surface area contributed by atoms with E-state index in [1.807, 2.05) is 0 Å². The normalized spacial score (nSPS) is 21.8. The van der Waals surface area contributed by atoms with E-state index in [4.69, 9.17) is 0 Å². The number of rotatable bonds is 4. The smallest absolute Gasteiger partial charge is 0.246 e. The van der Waals surface area contributed by atoms with Gasteiger partial charge < -0.3 is 5.32 Å². The summed E-state index contributed by atoms with van der Waals surface area (Å²) in [5, 5.41) is 3.12. The summed E-state index contributed by atoms with van der Waals surface area (Å²) in [6.07, 6.45) is 1.13. The fourth-order valence-corrected chi connectivity index (χ4v) is 4.23. The molecule has 26 heavy (non-hydrogen) atoms. The van der Waals surface area contributed by atoms with Crippen molar-refractivity contribution in [3.05, 3.63) is 65.5 Å². The lowest BCUT2D eigenvalue weighted by Crippen LogP contribution is -2.31. The maximum Gasteiger partial charge on any atom is 0.246 e. The number of sulfone groups is 1. The molecule has 1 fully saturated rings. The highest BCUT2D eigenvalue weighted by Gasteiger charge is 2.44. The van der Waals surface area contributed by atoms with E-state index < -0.39 is 14.6 Å². The average Bonchev–Trinajstić information content (AvgIpc) is 2.89. The molecule has 1 aliphatic rings. The van der Waals surface area contributed by atoms with Gasteiger partial charge in [0.05, 0.1) is 11.4 Å². The molecule has 1 saturated heterocycles. The summed E-state index contributed by atoms with van der Waals surface area (Å²) < 4.78 is 35.9. The summed E-state index contributed by atoms with van der Waals surface area (Å²) in [7, 11) is -3.30. The minimum Gasteiger partial charge on any atom is -0.304 e. The van der Waals surface area contributed by atoms with Crippen molar-refractivity contribution in [1.29, 1.82) is 0 Å². The molecule has 2 aromatic rings. The molecule has 3 rings (SSSR count). The van der Waals surface area contributed by atoms with E-state index >= 15 is 0 Å². The molecular weight excluding hydrogens is 375 g/mol. The lowest BCUT2D eigenvalue weighted by atomic mass is 9.99. The third kappa shape index (κ3) is 3.66. The molecule has 0 aliphatic carbocycles. The number of nitrogens with one attached hydrogen (secondary N) is 1. The summed E-state index contributed by atoms with van der Waals surface area (Å²) in [5.41, 5.74) is 1.12. The molecule has 0 radical (unpaired) electrons. The first kappa shape index (κ1) is 18.6. The maximum atomic E-state index is 13.7. The number of carbonyl (C=O) groups is 1. The lowest BCUT2D eigenvalue weighted by Gasteiger charge is -2.19. The Morgan fingerprint density at radius 1 is 1.15 bits per heavy atom. The fraction of sp³-hybridized carbons (Fsp3) is 0.222. The first-order chi connectivity index (χ1) is 12.2. The molecule has 0 aromatic heterocycles. The van der Waals surface area contributed by atoms with E-state index in [0.29, 0.717) is 16.3 Å². The molecule has 1 aliphatic heterocycles. The molecule has 0 bridgehead atoms. The molecule has 5 nitrogen and oxygen atoms in total. The molecule has 8 heteroatoms. The van der Waals surface area contributed by atoms with E-state index in [1.54, 1.807) is 37.3 Å². The zero-order chi connectivity index (χ0) is 18.9. The monoisotopic (exact) mass is 392 g/mol. The first-order valence-corrected chi connectivity index (χ1v) is 10.5. The zero-order valence-corrected chi connectivity index (χ0v) is 15.8. The van der Waals surface area contributed by atoms with Crippen LogP contribution in [0.15, 0.2) is 58.4 Å². The number of hydrogen-bond donors (Lipinski definition) is 1. The highest BCUT2D eigenvalue weighted by Crippen LogP contribution is 2.41. The van der Waals surface area contributed by atoms with Crippen molar-refractivity contribution in [3.63, 3.8) is 0 Å². The van der Waals surface area contributed by atoms with Gasteiger partial charge in [-0.25, -0.2) is 12.8 Å². The zero-order valence-electron chi connectivity index (χ0n) is 14.2. The van der Waals surface area contributed by atoms with Crippen LogP contribution in [-0.4, -0.2) is 25.7 Å². The molecule has 0 saturated carbocycles. The van der Waals surface area contributed by atoms with Gasteiger partial charge in [0, 0.05) is 11.8 Å². The quantitative estimate of drug-likeness (QED) is 0.868. The number of halogens is 1. The third-order valence-corrected chi connectivity index (χ3v) is 6.52. The predicted octanol–water partition coefficient (Wildman–Crippen LogP) is 2.86. The summed E-state index contributed by atoms with van der Waals surface area (Å²) >= 11 is 1.23. The SMILES string of the molecule is CC1(c2ccc(S(C)(=O)=O)cc2)SC(=NCc2ccccc2F)NC1=O. The Labute approximate surface area is 155 Å². The number of carbonyl (C=O) groups excluding carboxylic acids is 1. The standard InChI is InChI=1S/C18H17FN2O3S2/c1-18(13-7-9-14(10-8-13)26(2,23)24)16(22)21-17(25-18)20-11-12-5-3-4-6-15(12)19/h3-10H,11H2,1-2H3,(H,20,21,22). The predicted molar refractivity (Wildman–Crippen MR) is 100 cm³/mol. The molecule has 1 amide bonds. The van der Waals surface area contributed by atoms with Gasteiger partial charge in [-0.2, -0.15) is 0 Å². The highest BCUT2D eigenvalue weighted by atomic mass is 32.2. The number of nitrogens with zero attached hydrogens (tertiary/aromatic N) is 1. The van der Waals surface area contributed by atoms with Gasteiger partial charge in [-0.15, -0.1) is 0 Å². The molecular formula is C18H17FN2O3S2. The molecule has 1 heterocycles. The lowest BCUT2D eigenvalue weighted by molar-refractivity contribution is -0.121. The second-order valence-electron chi connectivity index (χ2n) is 6.10. The third-order valence-electron chi connectivity index (χ3n) is 4.14. The Hall–Kier alpha value is -2.19. The summed E-state index contributed by atoms with van der Waals surface area (Å²) in [4.78, 5) is 17.0. The number of hydrogen-bond acceptors (Lipinski definition) is 5. The first-order valence-electron chi connectivity index (χ1n) is 7.79. The highest BCUT2D eigenvalue weighted by molar-refractivity contribution is 8.15. The van der Waals surface area contributed by atoms with E-state index in [2.05, 4.69) is 10.3 Å². The number of benzene rings is 2. The fourth-order valence-electron chi connectivity index (χ4n) is 2.55. The van der Waals surface area contributed by atoms with E-state index in [-0.39, 0.29) is 23.2 Å². The van der Waals surface area contributed by atoms with Crippen LogP contribution < -0.4 is 5.32 Å². The number of amides is 1. The molecule has 1 atom stereocenters. The molecule has 0 spiro atoms. The Kier molecular flexibility index (Phi) is 4.90. The maximum absolute atomic E-state index is 13.7. The van der Waals surface area contributed by atoms with Gasteiger partial charge in [0.1, 0.15) is 10.6 Å². The second kappa shape index (κ2) is 6.85. The summed E-state index contributed by atoms with van der Waals surface area (Å²) in [6.45, 7) is 1.87. The molecule has 1 N–H and O–H groups in total. The van der Waals surface area contributed by atoms with Gasteiger partial charge in [-0.3, -0.25) is 9.79 Å². The van der Waals surface area contributed by atoms with Gasteiger partial charge in [-0.05, 0) is 30.7 Å². The van der Waals surface area contributed by atoms with Crippen molar-refractivity contribution in [1.82, 2.24) is 5.32 Å². The van der Waals surface area contributed by atoms with Crippen LogP contribution in [0, 0.1) is 5.82 Å². The largest absolute Gasteiger partial charge is 0.304 e. The minimum atomic E-state index is -3.30. The van der Waals surface area contributed by atoms with Crippen molar-refractivity contribution < 1.29 is 17.6 Å². The van der Waals surface area contributed by atoms with Crippen LogP contribution in [0.1, 0.15) is 18.1 Å². The van der Waals surface area contributed by atoms with E-state index in [0.717, 1.165) is 6.26 Å². The Morgan fingerprint density at radius 3 is 2.42 bits per heavy atom.